The smallest absolute Gasteiger partial charge is 0.206 e. The fraction of sp³-hybridized carbons (Fsp3) is 0. The van der Waals surface area contributed by atoms with Crippen LogP contribution in [0.25, 0.3) is 0 Å². The van der Waals surface area contributed by atoms with Crippen molar-refractivity contribution in [3.63, 3.8) is 0 Å². The van der Waals surface area contributed by atoms with Gasteiger partial charge in [0.1, 0.15) is 0 Å². The van der Waals surface area contributed by atoms with Crippen molar-refractivity contribution in [3.8, 4) is 0 Å². The maximum absolute atomic E-state index is 12.2. The summed E-state index contributed by atoms with van der Waals surface area (Å²) >= 11 is 19.0. The van der Waals surface area contributed by atoms with E-state index in [1.807, 2.05) is 0 Å². The molecule has 2 aromatic rings. The third kappa shape index (κ3) is 2.43. The molecule has 2 nitrogen and oxygen atoms in total. The molecule has 1 aromatic heterocycles. The number of carbonyl (C=O) groups is 1. The predicted octanol–water partition coefficient (Wildman–Crippen LogP) is 4.52. The first-order valence-electron chi connectivity index (χ1n) is 4.53. The van der Waals surface area contributed by atoms with Gasteiger partial charge in [0, 0.05) is 11.3 Å². The lowest BCUT2D eigenvalue weighted by Gasteiger charge is -2.06. The number of carbonyl (C=O) groups excluding carboxylic acids is 1. The highest BCUT2D eigenvalue weighted by molar-refractivity contribution is 7.13. The van der Waals surface area contributed by atoms with Crippen molar-refractivity contribution in [3.05, 3.63) is 49.1 Å². The average Bonchev–Trinajstić information content (AvgIpc) is 2.69. The number of nitrogen functional groups attached to an aromatic ring is 1. The number of rotatable bonds is 2. The maximum atomic E-state index is 12.2. The Morgan fingerprint density at radius 3 is 2.47 bits per heavy atom. The Hall–Kier alpha value is -0.740. The molecule has 1 heterocycles. The van der Waals surface area contributed by atoms with Crippen LogP contribution in [0, 0.1) is 0 Å². The molecule has 88 valence electrons. The predicted molar refractivity (Wildman–Crippen MR) is 73.6 cm³/mol. The number of benzene rings is 1. The zero-order chi connectivity index (χ0) is 12.6. The second kappa shape index (κ2) is 4.86. The minimum atomic E-state index is -0.274. The molecule has 0 unspecified atom stereocenters. The molecule has 0 radical (unpaired) electrons. The highest BCUT2D eigenvalue weighted by Gasteiger charge is 2.19. The number of hydrogen-bond donors (Lipinski definition) is 1. The van der Waals surface area contributed by atoms with Gasteiger partial charge in [0.25, 0.3) is 0 Å². The van der Waals surface area contributed by atoms with Gasteiger partial charge in [-0.2, -0.15) is 0 Å². The number of halogens is 3. The highest BCUT2D eigenvalue weighted by atomic mass is 35.5. The van der Waals surface area contributed by atoms with Gasteiger partial charge in [-0.05, 0) is 23.6 Å². The lowest BCUT2D eigenvalue weighted by molar-refractivity contribution is 0.104. The largest absolute Gasteiger partial charge is 0.399 e. The first-order chi connectivity index (χ1) is 8.00. The van der Waals surface area contributed by atoms with E-state index in [0.29, 0.717) is 15.6 Å². The average molecular weight is 307 g/mol. The van der Waals surface area contributed by atoms with E-state index in [9.17, 15) is 4.79 Å². The summed E-state index contributed by atoms with van der Waals surface area (Å²) in [5.41, 5.74) is 6.28. The molecule has 0 aliphatic rings. The normalized spacial score (nSPS) is 10.5. The Labute approximate surface area is 117 Å². The Morgan fingerprint density at radius 2 is 1.88 bits per heavy atom. The number of nitrogens with two attached hydrogens (primary N) is 1. The molecule has 0 saturated carbocycles. The van der Waals surface area contributed by atoms with Crippen LogP contribution < -0.4 is 5.73 Å². The molecule has 0 aliphatic heterocycles. The van der Waals surface area contributed by atoms with Gasteiger partial charge >= 0.3 is 0 Å². The van der Waals surface area contributed by atoms with Crippen molar-refractivity contribution in [2.24, 2.45) is 0 Å². The molecule has 2 N–H and O–H groups in total. The van der Waals surface area contributed by atoms with E-state index in [2.05, 4.69) is 0 Å². The van der Waals surface area contributed by atoms with Crippen LogP contribution in [0.1, 0.15) is 15.2 Å². The van der Waals surface area contributed by atoms with Crippen LogP contribution in [0.15, 0.2) is 23.6 Å². The van der Waals surface area contributed by atoms with Gasteiger partial charge in [-0.1, -0.05) is 34.8 Å². The van der Waals surface area contributed by atoms with Crippen molar-refractivity contribution in [1.82, 2.24) is 0 Å². The minimum absolute atomic E-state index is 0.190. The van der Waals surface area contributed by atoms with Crippen molar-refractivity contribution in [2.75, 3.05) is 5.73 Å². The fourth-order valence-corrected chi connectivity index (χ4v) is 2.87. The van der Waals surface area contributed by atoms with Crippen LogP contribution in [0.4, 0.5) is 5.69 Å². The molecule has 0 spiro atoms. The molecule has 1 aromatic carbocycles. The zero-order valence-electron chi connectivity index (χ0n) is 8.34. The standard InChI is InChI=1S/C11H6Cl3NOS/c12-7-1-2-17-11(7)10(16)6-3-5(15)4-8(13)9(6)14/h1-4H,15H2. The second-order valence-electron chi connectivity index (χ2n) is 3.29. The van der Waals surface area contributed by atoms with E-state index in [1.54, 1.807) is 11.4 Å². The molecule has 0 saturated heterocycles. The third-order valence-electron chi connectivity index (χ3n) is 2.12. The third-order valence-corrected chi connectivity index (χ3v) is 4.26. The van der Waals surface area contributed by atoms with E-state index in [-0.39, 0.29) is 21.4 Å². The van der Waals surface area contributed by atoms with Crippen molar-refractivity contribution < 1.29 is 4.79 Å². The molecule has 0 bridgehead atoms. The van der Waals surface area contributed by atoms with Gasteiger partial charge in [-0.3, -0.25) is 4.79 Å². The molecule has 0 aliphatic carbocycles. The summed E-state index contributed by atoms with van der Waals surface area (Å²) in [6.07, 6.45) is 0. The van der Waals surface area contributed by atoms with E-state index in [4.69, 9.17) is 40.5 Å². The highest BCUT2D eigenvalue weighted by Crippen LogP contribution is 2.33. The van der Waals surface area contributed by atoms with Crippen LogP contribution in [-0.4, -0.2) is 5.78 Å². The summed E-state index contributed by atoms with van der Waals surface area (Å²) in [4.78, 5) is 12.6. The molecular formula is C11H6Cl3NOS. The molecule has 17 heavy (non-hydrogen) atoms. The molecule has 0 atom stereocenters. The zero-order valence-corrected chi connectivity index (χ0v) is 11.4. The van der Waals surface area contributed by atoms with Crippen LogP contribution in [0.2, 0.25) is 15.1 Å². The molecule has 0 amide bonds. The summed E-state index contributed by atoms with van der Waals surface area (Å²) in [5.74, 6) is -0.274. The number of hydrogen-bond acceptors (Lipinski definition) is 3. The minimum Gasteiger partial charge on any atom is -0.399 e. The maximum Gasteiger partial charge on any atom is 0.206 e. The van der Waals surface area contributed by atoms with E-state index in [0.717, 1.165) is 0 Å². The molecule has 2 rings (SSSR count). The summed E-state index contributed by atoms with van der Waals surface area (Å²) in [6.45, 7) is 0. The van der Waals surface area contributed by atoms with E-state index < -0.39 is 0 Å². The summed E-state index contributed by atoms with van der Waals surface area (Å²) in [5, 5.41) is 2.57. The second-order valence-corrected chi connectivity index (χ2v) is 5.40. The molecule has 0 fully saturated rings. The number of thiophene rings is 1. The van der Waals surface area contributed by atoms with Gasteiger partial charge in [-0.15, -0.1) is 11.3 Å². The van der Waals surface area contributed by atoms with Crippen LogP contribution in [0.3, 0.4) is 0 Å². The lowest BCUT2D eigenvalue weighted by atomic mass is 10.1. The van der Waals surface area contributed by atoms with Gasteiger partial charge in [0.05, 0.1) is 19.9 Å². The van der Waals surface area contributed by atoms with E-state index in [1.165, 1.54) is 23.5 Å². The Morgan fingerprint density at radius 1 is 1.18 bits per heavy atom. The number of ketones is 1. The van der Waals surface area contributed by atoms with Crippen LogP contribution >= 0.6 is 46.1 Å². The van der Waals surface area contributed by atoms with Crippen LogP contribution in [-0.2, 0) is 0 Å². The van der Waals surface area contributed by atoms with Gasteiger partial charge in [0.2, 0.25) is 5.78 Å². The van der Waals surface area contributed by atoms with Crippen molar-refractivity contribution >= 4 is 57.6 Å². The number of anilines is 1. The Kier molecular flexibility index (Phi) is 3.64. The Bertz CT molecular complexity index is 594. The topological polar surface area (TPSA) is 43.1 Å². The summed E-state index contributed by atoms with van der Waals surface area (Å²) in [7, 11) is 0. The van der Waals surface area contributed by atoms with Gasteiger partial charge in [0.15, 0.2) is 0 Å². The van der Waals surface area contributed by atoms with Crippen molar-refractivity contribution in [1.29, 1.82) is 0 Å². The molecular weight excluding hydrogens is 301 g/mol. The monoisotopic (exact) mass is 305 g/mol. The fourth-order valence-electron chi connectivity index (χ4n) is 1.35. The lowest BCUT2D eigenvalue weighted by Crippen LogP contribution is -2.02. The first kappa shape index (κ1) is 12.7. The Balaban J connectivity index is 2.55. The first-order valence-corrected chi connectivity index (χ1v) is 6.54. The summed E-state index contributed by atoms with van der Waals surface area (Å²) < 4.78 is 0. The van der Waals surface area contributed by atoms with Crippen molar-refractivity contribution in [2.45, 2.75) is 0 Å². The van der Waals surface area contributed by atoms with E-state index >= 15 is 0 Å². The quantitative estimate of drug-likeness (QED) is 0.654. The van der Waals surface area contributed by atoms with Gasteiger partial charge in [-0.25, -0.2) is 0 Å². The molecule has 6 heteroatoms. The van der Waals surface area contributed by atoms with Gasteiger partial charge < -0.3 is 5.73 Å². The summed E-state index contributed by atoms with van der Waals surface area (Å²) in [6, 6.07) is 4.64. The SMILES string of the molecule is Nc1cc(Cl)c(Cl)c(C(=O)c2sccc2Cl)c1. The van der Waals surface area contributed by atoms with Crippen LogP contribution in [0.5, 0.6) is 0 Å².